The first-order valence-corrected chi connectivity index (χ1v) is 10.4. The fraction of sp³-hybridized carbons (Fsp3) is 0.136. The van der Waals surface area contributed by atoms with E-state index in [0.717, 1.165) is 16.5 Å². The van der Waals surface area contributed by atoms with Gasteiger partial charge >= 0.3 is 11.7 Å². The SMILES string of the molecule is COC(=O)c1ccccc1-n1nc2ccc(CNc3nccc(C)c3[N+](=O)[O-])cc2c1Br. The second-order valence-corrected chi connectivity index (χ2v) is 7.75. The summed E-state index contributed by atoms with van der Waals surface area (Å²) in [5.74, 6) is -0.235. The third-order valence-electron chi connectivity index (χ3n) is 4.98. The maximum absolute atomic E-state index is 12.2. The minimum Gasteiger partial charge on any atom is -0.465 e. The second-order valence-electron chi connectivity index (χ2n) is 7.00. The van der Waals surface area contributed by atoms with Crippen LogP contribution in [0.1, 0.15) is 21.5 Å². The molecule has 0 bridgehead atoms. The molecule has 1 N–H and O–H groups in total. The number of halogens is 1. The van der Waals surface area contributed by atoms with Crippen LogP contribution in [0, 0.1) is 17.0 Å². The van der Waals surface area contributed by atoms with E-state index >= 15 is 0 Å². The van der Waals surface area contributed by atoms with Crippen LogP contribution in [-0.4, -0.2) is 32.8 Å². The molecule has 4 rings (SSSR count). The van der Waals surface area contributed by atoms with Crippen LogP contribution >= 0.6 is 15.9 Å². The Labute approximate surface area is 191 Å². The average Bonchev–Trinajstić information content (AvgIpc) is 3.12. The molecule has 0 saturated heterocycles. The van der Waals surface area contributed by atoms with Gasteiger partial charge in [0.2, 0.25) is 5.82 Å². The standard InChI is InChI=1S/C22H18BrN5O4/c1-13-9-10-24-21(19(13)28(30)31)25-12-14-7-8-17-16(11-14)20(23)27(26-17)18-6-4-3-5-15(18)22(29)32-2/h3-11H,12H2,1-2H3,(H,24,25). The Kier molecular flexibility index (Phi) is 5.87. The smallest absolute Gasteiger partial charge is 0.340 e. The predicted octanol–water partition coefficient (Wildman–Crippen LogP) is 4.80. The van der Waals surface area contributed by atoms with Crippen molar-refractivity contribution in [3.8, 4) is 5.69 Å². The lowest BCUT2D eigenvalue weighted by Gasteiger charge is -2.08. The molecule has 2 heterocycles. The molecule has 0 unspecified atom stereocenters. The number of hydrogen-bond donors (Lipinski definition) is 1. The quantitative estimate of drug-likeness (QED) is 0.232. The van der Waals surface area contributed by atoms with Crippen molar-refractivity contribution >= 4 is 44.3 Å². The molecular weight excluding hydrogens is 478 g/mol. The van der Waals surface area contributed by atoms with Crippen LogP contribution in [-0.2, 0) is 11.3 Å². The van der Waals surface area contributed by atoms with Gasteiger partial charge in [0.05, 0.1) is 28.8 Å². The molecule has 0 spiro atoms. The van der Waals surface area contributed by atoms with Crippen molar-refractivity contribution in [3.63, 3.8) is 0 Å². The highest BCUT2D eigenvalue weighted by Gasteiger charge is 2.19. The second kappa shape index (κ2) is 8.75. The van der Waals surface area contributed by atoms with Crippen molar-refractivity contribution in [2.24, 2.45) is 0 Å². The van der Waals surface area contributed by atoms with Crippen molar-refractivity contribution in [1.82, 2.24) is 14.8 Å². The molecule has 0 aliphatic rings. The molecule has 0 amide bonds. The normalized spacial score (nSPS) is 10.8. The number of para-hydroxylation sites is 1. The predicted molar refractivity (Wildman–Crippen MR) is 123 cm³/mol. The van der Waals surface area contributed by atoms with Crippen molar-refractivity contribution in [3.05, 3.63) is 86.1 Å². The number of nitro groups is 1. The molecule has 9 nitrogen and oxygen atoms in total. The van der Waals surface area contributed by atoms with Gasteiger partial charge in [0, 0.05) is 23.7 Å². The summed E-state index contributed by atoms with van der Waals surface area (Å²) in [5.41, 5.74) is 3.08. The third-order valence-corrected chi connectivity index (χ3v) is 5.75. The molecule has 162 valence electrons. The molecule has 0 fully saturated rings. The molecular formula is C22H18BrN5O4. The summed E-state index contributed by atoms with van der Waals surface area (Å²) in [6.07, 6.45) is 1.53. The number of aryl methyl sites for hydroxylation is 1. The van der Waals surface area contributed by atoms with Crippen LogP contribution in [0.25, 0.3) is 16.6 Å². The van der Waals surface area contributed by atoms with E-state index in [1.165, 1.54) is 13.3 Å². The number of fused-ring (bicyclic) bond motifs is 1. The Morgan fingerprint density at radius 1 is 1.25 bits per heavy atom. The van der Waals surface area contributed by atoms with E-state index in [0.29, 0.717) is 28.0 Å². The summed E-state index contributed by atoms with van der Waals surface area (Å²) >= 11 is 3.59. The Morgan fingerprint density at radius 3 is 2.78 bits per heavy atom. The number of esters is 1. The van der Waals surface area contributed by atoms with Crippen molar-refractivity contribution in [2.75, 3.05) is 12.4 Å². The molecule has 4 aromatic rings. The zero-order valence-electron chi connectivity index (χ0n) is 17.2. The van der Waals surface area contributed by atoms with Gasteiger partial charge in [0.25, 0.3) is 0 Å². The van der Waals surface area contributed by atoms with Gasteiger partial charge in [-0.2, -0.15) is 5.10 Å². The van der Waals surface area contributed by atoms with Crippen LogP contribution in [0.3, 0.4) is 0 Å². The Morgan fingerprint density at radius 2 is 2.03 bits per heavy atom. The number of rotatable bonds is 6. The number of hydrogen-bond acceptors (Lipinski definition) is 7. The van der Waals surface area contributed by atoms with E-state index in [-0.39, 0.29) is 11.5 Å². The fourth-order valence-corrected chi connectivity index (χ4v) is 4.00. The Bertz CT molecular complexity index is 1350. The molecule has 0 saturated carbocycles. The van der Waals surface area contributed by atoms with Crippen LogP contribution in [0.2, 0.25) is 0 Å². The van der Waals surface area contributed by atoms with Crippen LogP contribution in [0.4, 0.5) is 11.5 Å². The van der Waals surface area contributed by atoms with Crippen LogP contribution in [0.15, 0.2) is 59.3 Å². The molecule has 0 radical (unpaired) electrons. The molecule has 32 heavy (non-hydrogen) atoms. The van der Waals surface area contributed by atoms with E-state index < -0.39 is 10.9 Å². The van der Waals surface area contributed by atoms with Gasteiger partial charge in [-0.25, -0.2) is 14.5 Å². The summed E-state index contributed by atoms with van der Waals surface area (Å²) in [5, 5.41) is 19.9. The number of nitrogens with one attached hydrogen (secondary N) is 1. The topological polar surface area (TPSA) is 112 Å². The lowest BCUT2D eigenvalue weighted by atomic mass is 10.1. The van der Waals surface area contributed by atoms with E-state index in [4.69, 9.17) is 4.74 Å². The monoisotopic (exact) mass is 495 g/mol. The number of nitrogens with zero attached hydrogens (tertiary/aromatic N) is 4. The van der Waals surface area contributed by atoms with E-state index in [1.807, 2.05) is 24.3 Å². The lowest BCUT2D eigenvalue weighted by Crippen LogP contribution is -2.08. The lowest BCUT2D eigenvalue weighted by molar-refractivity contribution is -0.384. The van der Waals surface area contributed by atoms with Gasteiger partial charge in [-0.1, -0.05) is 18.2 Å². The molecule has 0 atom stereocenters. The largest absolute Gasteiger partial charge is 0.465 e. The first kappa shape index (κ1) is 21.4. The zero-order valence-corrected chi connectivity index (χ0v) is 18.8. The van der Waals surface area contributed by atoms with E-state index in [9.17, 15) is 14.9 Å². The number of pyridine rings is 1. The maximum Gasteiger partial charge on any atom is 0.340 e. The zero-order chi connectivity index (χ0) is 22.8. The van der Waals surface area contributed by atoms with Gasteiger partial charge in [-0.15, -0.1) is 0 Å². The molecule has 2 aromatic heterocycles. The maximum atomic E-state index is 12.2. The summed E-state index contributed by atoms with van der Waals surface area (Å²) in [6.45, 7) is 2.01. The first-order chi connectivity index (χ1) is 15.4. The summed E-state index contributed by atoms with van der Waals surface area (Å²) in [4.78, 5) is 27.2. The minimum atomic E-state index is -0.454. The minimum absolute atomic E-state index is 0.0398. The third kappa shape index (κ3) is 3.92. The number of anilines is 1. The Hall–Kier alpha value is -3.79. The molecule has 2 aromatic carbocycles. The summed E-state index contributed by atoms with van der Waals surface area (Å²) in [7, 11) is 1.33. The molecule has 0 aliphatic carbocycles. The van der Waals surface area contributed by atoms with Gasteiger partial charge in [0.1, 0.15) is 4.60 Å². The number of methoxy groups -OCH3 is 1. The molecule has 10 heteroatoms. The van der Waals surface area contributed by atoms with Gasteiger partial charge in [-0.05, 0) is 58.7 Å². The fourth-order valence-electron chi connectivity index (χ4n) is 3.41. The van der Waals surface area contributed by atoms with Gasteiger partial charge in [-0.3, -0.25) is 10.1 Å². The van der Waals surface area contributed by atoms with E-state index in [1.54, 1.807) is 35.9 Å². The van der Waals surface area contributed by atoms with Crippen LogP contribution < -0.4 is 5.32 Å². The number of benzene rings is 2. The van der Waals surface area contributed by atoms with E-state index in [2.05, 4.69) is 31.3 Å². The van der Waals surface area contributed by atoms with Crippen LogP contribution in [0.5, 0.6) is 0 Å². The van der Waals surface area contributed by atoms with Crippen molar-refractivity contribution < 1.29 is 14.5 Å². The number of carbonyl (C=O) groups excluding carboxylic acids is 1. The Balaban J connectivity index is 1.68. The highest BCUT2D eigenvalue weighted by Crippen LogP contribution is 2.30. The van der Waals surface area contributed by atoms with Crippen molar-refractivity contribution in [1.29, 1.82) is 0 Å². The summed E-state index contributed by atoms with van der Waals surface area (Å²) < 4.78 is 7.19. The number of ether oxygens (including phenoxy) is 1. The highest BCUT2D eigenvalue weighted by atomic mass is 79.9. The molecule has 0 aliphatic heterocycles. The summed E-state index contributed by atoms with van der Waals surface area (Å²) in [6, 6.07) is 14.3. The highest BCUT2D eigenvalue weighted by molar-refractivity contribution is 9.10. The first-order valence-electron chi connectivity index (χ1n) is 9.59. The number of aromatic nitrogens is 3. The van der Waals surface area contributed by atoms with Gasteiger partial charge < -0.3 is 10.1 Å². The average molecular weight is 496 g/mol. The van der Waals surface area contributed by atoms with Gasteiger partial charge in [0.15, 0.2) is 0 Å². The van der Waals surface area contributed by atoms with Crippen molar-refractivity contribution in [2.45, 2.75) is 13.5 Å². The number of carbonyl (C=O) groups is 1.